The van der Waals surface area contributed by atoms with Crippen LogP contribution in [0, 0.1) is 11.8 Å². The third kappa shape index (κ3) is 10.9. The van der Waals surface area contributed by atoms with Gasteiger partial charge in [0.25, 0.3) is 0 Å². The van der Waals surface area contributed by atoms with Crippen molar-refractivity contribution in [2.45, 2.75) is 180 Å². The molecule has 1 aliphatic heterocycles. The summed E-state index contributed by atoms with van der Waals surface area (Å²) < 4.78 is 0. The first kappa shape index (κ1) is 46.3. The van der Waals surface area contributed by atoms with E-state index in [4.69, 9.17) is 0 Å². The Bertz CT molecular complexity index is 1650. The van der Waals surface area contributed by atoms with Crippen LogP contribution >= 0.6 is 0 Å². The fourth-order valence-electron chi connectivity index (χ4n) is 9.42. The molecule has 3 fully saturated rings. The summed E-state index contributed by atoms with van der Waals surface area (Å²) in [6.07, 6.45) is 9.42. The summed E-state index contributed by atoms with van der Waals surface area (Å²) in [5.41, 5.74) is 1.62. The molecule has 4 unspecified atom stereocenters. The Balaban J connectivity index is 1.62. The SMILES string of the molecule is CC(c1ccccc1)C(C(=O)NC1CCCCC1)N1C(=O)[C@H](C(C)C)NC(=O)[C@H](C)N(C(C(=O)NC2CCCCC2)C(C)c2ccccc2)C(=O)[C@H](C(C)C)NC(=O)[C@@H]1C. The number of nitrogens with one attached hydrogen (secondary N) is 4. The van der Waals surface area contributed by atoms with Gasteiger partial charge in [0.1, 0.15) is 36.3 Å². The van der Waals surface area contributed by atoms with Gasteiger partial charge in [0.15, 0.2) is 0 Å². The second kappa shape index (κ2) is 21.2. The first-order valence-corrected chi connectivity index (χ1v) is 22.6. The molecular formula is C48H70N6O6. The summed E-state index contributed by atoms with van der Waals surface area (Å²) in [7, 11) is 0. The number of amides is 6. The number of hydrogen-bond donors (Lipinski definition) is 4. The van der Waals surface area contributed by atoms with E-state index in [0.29, 0.717) is 0 Å². The lowest BCUT2D eigenvalue weighted by atomic mass is 9.87. The van der Waals surface area contributed by atoms with Crippen molar-refractivity contribution in [3.05, 3.63) is 71.8 Å². The van der Waals surface area contributed by atoms with Gasteiger partial charge < -0.3 is 31.1 Å². The lowest BCUT2D eigenvalue weighted by molar-refractivity contribution is -0.156. The van der Waals surface area contributed by atoms with E-state index in [9.17, 15) is 19.2 Å². The third-order valence-electron chi connectivity index (χ3n) is 13.2. The number of carbonyl (C=O) groups is 6. The van der Waals surface area contributed by atoms with Crippen molar-refractivity contribution < 1.29 is 28.8 Å². The second-order valence-corrected chi connectivity index (χ2v) is 18.3. The van der Waals surface area contributed by atoms with Gasteiger partial charge >= 0.3 is 0 Å². The fourth-order valence-corrected chi connectivity index (χ4v) is 9.42. The molecule has 2 saturated carbocycles. The van der Waals surface area contributed by atoms with E-state index in [0.717, 1.165) is 75.3 Å². The van der Waals surface area contributed by atoms with E-state index in [1.165, 1.54) is 9.80 Å². The molecule has 0 spiro atoms. The zero-order valence-corrected chi connectivity index (χ0v) is 37.1. The van der Waals surface area contributed by atoms with Crippen molar-refractivity contribution in [2.75, 3.05) is 0 Å². The van der Waals surface area contributed by atoms with E-state index in [-0.39, 0.29) is 23.9 Å². The Morgan fingerprint density at radius 2 is 0.850 bits per heavy atom. The Hall–Kier alpha value is -4.74. The fraction of sp³-hybridized carbons (Fsp3) is 0.625. The topological polar surface area (TPSA) is 157 Å². The van der Waals surface area contributed by atoms with Gasteiger partial charge in [0.2, 0.25) is 35.4 Å². The van der Waals surface area contributed by atoms with Crippen LogP contribution in [-0.4, -0.2) is 93.6 Å². The zero-order chi connectivity index (χ0) is 43.7. The maximum absolute atomic E-state index is 15.3. The van der Waals surface area contributed by atoms with Crippen LogP contribution in [-0.2, 0) is 28.8 Å². The van der Waals surface area contributed by atoms with Crippen molar-refractivity contribution in [3.8, 4) is 0 Å². The van der Waals surface area contributed by atoms with Crippen LogP contribution in [0.15, 0.2) is 60.7 Å². The Kier molecular flexibility index (Phi) is 16.3. The van der Waals surface area contributed by atoms with Gasteiger partial charge in [-0.1, -0.05) is 141 Å². The predicted octanol–water partition coefficient (Wildman–Crippen LogP) is 5.96. The monoisotopic (exact) mass is 827 g/mol. The van der Waals surface area contributed by atoms with Crippen LogP contribution in [0.3, 0.4) is 0 Å². The highest BCUT2D eigenvalue weighted by atomic mass is 16.2. The Morgan fingerprint density at radius 3 is 1.15 bits per heavy atom. The van der Waals surface area contributed by atoms with Gasteiger partial charge in [-0.15, -0.1) is 0 Å². The first-order chi connectivity index (χ1) is 28.6. The molecule has 0 radical (unpaired) electrons. The van der Waals surface area contributed by atoms with E-state index in [1.807, 2.05) is 74.5 Å². The van der Waals surface area contributed by atoms with E-state index in [2.05, 4.69) is 21.3 Å². The van der Waals surface area contributed by atoms with Gasteiger partial charge in [-0.25, -0.2) is 0 Å². The molecule has 1 heterocycles. The quantitative estimate of drug-likeness (QED) is 0.207. The Labute approximate surface area is 357 Å². The van der Waals surface area contributed by atoms with E-state index < -0.39 is 83.6 Å². The van der Waals surface area contributed by atoms with Crippen molar-refractivity contribution in [1.29, 1.82) is 0 Å². The molecule has 60 heavy (non-hydrogen) atoms. The largest absolute Gasteiger partial charge is 0.352 e. The number of hydrogen-bond acceptors (Lipinski definition) is 6. The number of rotatable bonds is 12. The minimum absolute atomic E-state index is 0.0692. The lowest BCUT2D eigenvalue weighted by Crippen LogP contribution is -2.69. The lowest BCUT2D eigenvalue weighted by Gasteiger charge is -2.44. The van der Waals surface area contributed by atoms with E-state index in [1.54, 1.807) is 41.5 Å². The predicted molar refractivity (Wildman–Crippen MR) is 233 cm³/mol. The third-order valence-corrected chi connectivity index (χ3v) is 13.2. The molecule has 3 aliphatic rings. The number of carbonyl (C=O) groups excluding carboxylic acids is 6. The summed E-state index contributed by atoms with van der Waals surface area (Å²) in [6.45, 7) is 14.1. The van der Waals surface area contributed by atoms with Gasteiger partial charge in [-0.3, -0.25) is 28.8 Å². The normalized spacial score (nSPS) is 25.0. The van der Waals surface area contributed by atoms with Gasteiger partial charge in [-0.05, 0) is 62.5 Å². The molecule has 12 nitrogen and oxygen atoms in total. The summed E-state index contributed by atoms with van der Waals surface area (Å²) in [5.74, 6) is -5.20. The highest BCUT2D eigenvalue weighted by Gasteiger charge is 2.48. The smallest absolute Gasteiger partial charge is 0.246 e. The van der Waals surface area contributed by atoms with Crippen molar-refractivity contribution in [3.63, 3.8) is 0 Å². The van der Waals surface area contributed by atoms with Crippen LogP contribution in [0.4, 0.5) is 0 Å². The van der Waals surface area contributed by atoms with Gasteiger partial charge in [0, 0.05) is 23.9 Å². The van der Waals surface area contributed by atoms with Crippen molar-refractivity contribution in [1.82, 2.24) is 31.1 Å². The minimum atomic E-state index is -1.24. The van der Waals surface area contributed by atoms with Crippen LogP contribution in [0.2, 0.25) is 0 Å². The maximum Gasteiger partial charge on any atom is 0.246 e. The van der Waals surface area contributed by atoms with Crippen LogP contribution in [0.25, 0.3) is 0 Å². The zero-order valence-electron chi connectivity index (χ0n) is 37.1. The van der Waals surface area contributed by atoms with Crippen LogP contribution < -0.4 is 21.3 Å². The molecule has 5 rings (SSSR count). The van der Waals surface area contributed by atoms with Crippen LogP contribution in [0.1, 0.15) is 143 Å². The molecule has 2 aromatic carbocycles. The molecule has 6 amide bonds. The summed E-state index contributed by atoms with van der Waals surface area (Å²) in [5, 5.41) is 12.4. The molecule has 0 bridgehead atoms. The minimum Gasteiger partial charge on any atom is -0.352 e. The molecular weight excluding hydrogens is 757 g/mol. The van der Waals surface area contributed by atoms with E-state index >= 15 is 9.59 Å². The molecule has 1 saturated heterocycles. The molecule has 0 aromatic heterocycles. The summed E-state index contributed by atoms with van der Waals surface area (Å²) in [6, 6.07) is 11.6. The first-order valence-electron chi connectivity index (χ1n) is 22.6. The van der Waals surface area contributed by atoms with Crippen LogP contribution in [0.5, 0.6) is 0 Å². The summed E-state index contributed by atoms with van der Waals surface area (Å²) >= 11 is 0. The molecule has 328 valence electrons. The molecule has 2 aromatic rings. The number of benzene rings is 2. The molecule has 12 heteroatoms. The average Bonchev–Trinajstić information content (AvgIpc) is 3.24. The van der Waals surface area contributed by atoms with Crippen molar-refractivity contribution in [2.24, 2.45) is 11.8 Å². The van der Waals surface area contributed by atoms with Gasteiger partial charge in [-0.2, -0.15) is 0 Å². The highest BCUT2D eigenvalue weighted by Crippen LogP contribution is 2.31. The number of nitrogens with zero attached hydrogens (tertiary/aromatic N) is 2. The maximum atomic E-state index is 15.3. The standard InChI is InChI=1S/C48H70N6O6/c1-29(2)39-47(59)53(41(31(5)35-21-13-9-14-22-35)45(57)49-37-25-17-11-18-26-37)34(8)44(56)52-40(30(3)4)48(60)54(33(7)43(55)51-39)42(32(6)36-23-15-10-16-24-36)46(58)50-38-27-19-12-20-28-38/h9-10,13-16,21-24,29-34,37-42H,11-12,17-20,25-28H2,1-8H3,(H,49,57)(H,50,58)(H,51,55)(H,52,56)/t31?,32?,33-,34-,39-,40-,41?,42?/m0/s1. The molecule has 8 atom stereocenters. The molecule has 2 aliphatic carbocycles. The Morgan fingerprint density at radius 1 is 0.533 bits per heavy atom. The summed E-state index contributed by atoms with van der Waals surface area (Å²) in [4.78, 5) is 92.3. The average molecular weight is 827 g/mol. The molecule has 4 N–H and O–H groups in total. The van der Waals surface area contributed by atoms with Crippen molar-refractivity contribution >= 4 is 35.4 Å². The van der Waals surface area contributed by atoms with Gasteiger partial charge in [0.05, 0.1) is 0 Å². The second-order valence-electron chi connectivity index (χ2n) is 18.3. The highest BCUT2D eigenvalue weighted by molar-refractivity contribution is 6.01.